The number of hydrogen-bond acceptors (Lipinski definition) is 5. The first kappa shape index (κ1) is 55.6. The minimum Gasteiger partial charge on any atom is -0.466 e. The number of carbonyl (C=O) groups excluding carboxylic acids is 2. The molecule has 0 aliphatic heterocycles. The molecule has 0 aromatic carbocycles. The van der Waals surface area contributed by atoms with Gasteiger partial charge in [0, 0.05) is 12.8 Å². The molecule has 0 fully saturated rings. The fourth-order valence-corrected chi connectivity index (χ4v) is 7.87. The van der Waals surface area contributed by atoms with Crippen molar-refractivity contribution in [3.8, 4) is 0 Å². The molecule has 57 heavy (non-hydrogen) atoms. The van der Waals surface area contributed by atoms with Crippen LogP contribution in [0.25, 0.3) is 0 Å². The minimum absolute atomic E-state index is 0.00413. The predicted molar refractivity (Wildman–Crippen MR) is 246 cm³/mol. The van der Waals surface area contributed by atoms with Crippen LogP contribution in [0.3, 0.4) is 0 Å². The maximum atomic E-state index is 12.4. The number of hydrogen-bond donors (Lipinski definition) is 3. The van der Waals surface area contributed by atoms with E-state index in [0.29, 0.717) is 19.4 Å². The van der Waals surface area contributed by atoms with Crippen molar-refractivity contribution < 1.29 is 24.5 Å². The lowest BCUT2D eigenvalue weighted by Crippen LogP contribution is -2.45. The molecule has 0 saturated heterocycles. The average Bonchev–Trinajstić information content (AvgIpc) is 3.21. The summed E-state index contributed by atoms with van der Waals surface area (Å²) in [5.74, 6) is -0.0720. The molecule has 6 nitrogen and oxygen atoms in total. The molecular formula is C51H99NO5. The Bertz CT molecular complexity index is 847. The molecule has 3 N–H and O–H groups in total. The van der Waals surface area contributed by atoms with Gasteiger partial charge in [0.05, 0.1) is 25.4 Å². The van der Waals surface area contributed by atoms with Gasteiger partial charge in [0.25, 0.3) is 0 Å². The Morgan fingerprint density at radius 3 is 1.19 bits per heavy atom. The molecule has 0 spiro atoms. The van der Waals surface area contributed by atoms with Crippen LogP contribution in [0.4, 0.5) is 0 Å². The standard InChI is InChI=1S/C51H99NO5/c1-3-5-7-9-11-13-15-16-22-25-29-33-37-41-45-51(56)57-46-42-38-34-30-26-23-20-18-17-19-21-24-28-32-36-40-44-50(55)52-48(47-53)49(54)43-39-35-31-27-14-12-10-8-6-4-2/h39,43,48-49,53-54H,3-38,40-42,44-47H2,1-2H3,(H,52,55)/b43-39+. The molecule has 2 unspecified atom stereocenters. The number of aliphatic hydroxyl groups is 2. The molecule has 0 aromatic heterocycles. The summed E-state index contributed by atoms with van der Waals surface area (Å²) in [7, 11) is 0. The highest BCUT2D eigenvalue weighted by atomic mass is 16.5. The van der Waals surface area contributed by atoms with Crippen molar-refractivity contribution in [1.29, 1.82) is 0 Å². The van der Waals surface area contributed by atoms with E-state index in [2.05, 4.69) is 19.2 Å². The van der Waals surface area contributed by atoms with Crippen LogP contribution in [0.5, 0.6) is 0 Å². The number of allylic oxidation sites excluding steroid dienone is 1. The van der Waals surface area contributed by atoms with E-state index < -0.39 is 12.1 Å². The Kier molecular flexibility index (Phi) is 46.1. The third-order valence-corrected chi connectivity index (χ3v) is 11.8. The summed E-state index contributed by atoms with van der Waals surface area (Å²) in [5.41, 5.74) is 0. The molecule has 338 valence electrons. The molecular weight excluding hydrogens is 707 g/mol. The van der Waals surface area contributed by atoms with Gasteiger partial charge >= 0.3 is 5.97 Å². The van der Waals surface area contributed by atoms with E-state index in [1.807, 2.05) is 6.08 Å². The third kappa shape index (κ3) is 44.0. The van der Waals surface area contributed by atoms with Crippen molar-refractivity contribution >= 4 is 11.9 Å². The largest absolute Gasteiger partial charge is 0.466 e. The highest BCUT2D eigenvalue weighted by Crippen LogP contribution is 2.16. The van der Waals surface area contributed by atoms with Gasteiger partial charge in [-0.25, -0.2) is 0 Å². The van der Waals surface area contributed by atoms with Crippen LogP contribution >= 0.6 is 0 Å². The molecule has 1 amide bonds. The topological polar surface area (TPSA) is 95.9 Å². The zero-order valence-electron chi connectivity index (χ0n) is 38.3. The second kappa shape index (κ2) is 47.3. The first-order valence-corrected chi connectivity index (χ1v) is 25.5. The first-order chi connectivity index (χ1) is 28.0. The Labute approximate surface area is 355 Å². The number of carbonyl (C=O) groups is 2. The molecule has 0 aromatic rings. The van der Waals surface area contributed by atoms with Gasteiger partial charge in [0.1, 0.15) is 0 Å². The van der Waals surface area contributed by atoms with E-state index in [0.717, 1.165) is 44.9 Å². The van der Waals surface area contributed by atoms with Gasteiger partial charge in [-0.3, -0.25) is 9.59 Å². The van der Waals surface area contributed by atoms with Crippen molar-refractivity contribution in [1.82, 2.24) is 5.32 Å². The van der Waals surface area contributed by atoms with Gasteiger partial charge in [-0.15, -0.1) is 0 Å². The number of ether oxygens (including phenoxy) is 1. The monoisotopic (exact) mass is 806 g/mol. The van der Waals surface area contributed by atoms with Gasteiger partial charge in [-0.2, -0.15) is 0 Å². The fraction of sp³-hybridized carbons (Fsp3) is 0.922. The highest BCUT2D eigenvalue weighted by Gasteiger charge is 2.18. The zero-order chi connectivity index (χ0) is 41.5. The number of rotatable bonds is 47. The van der Waals surface area contributed by atoms with Crippen molar-refractivity contribution in [2.45, 2.75) is 289 Å². The summed E-state index contributed by atoms with van der Waals surface area (Å²) >= 11 is 0. The number of unbranched alkanes of at least 4 members (excludes halogenated alkanes) is 36. The second-order valence-corrected chi connectivity index (χ2v) is 17.5. The number of nitrogens with one attached hydrogen (secondary N) is 1. The molecule has 0 bridgehead atoms. The number of amides is 1. The van der Waals surface area contributed by atoms with Crippen LogP contribution in [0, 0.1) is 0 Å². The molecule has 0 rings (SSSR count). The quantitative estimate of drug-likeness (QED) is 0.0323. The lowest BCUT2D eigenvalue weighted by atomic mass is 10.0. The molecule has 0 aliphatic carbocycles. The van der Waals surface area contributed by atoms with Crippen LogP contribution in [-0.4, -0.2) is 47.4 Å². The number of esters is 1. The summed E-state index contributed by atoms with van der Waals surface area (Å²) in [6.07, 6.45) is 53.5. The Hall–Kier alpha value is -1.40. The third-order valence-electron chi connectivity index (χ3n) is 11.8. The van der Waals surface area contributed by atoms with E-state index in [4.69, 9.17) is 4.74 Å². The summed E-state index contributed by atoms with van der Waals surface area (Å²) < 4.78 is 5.47. The Morgan fingerprint density at radius 2 is 0.807 bits per heavy atom. The summed E-state index contributed by atoms with van der Waals surface area (Å²) in [6.45, 7) is 4.87. The maximum absolute atomic E-state index is 12.4. The summed E-state index contributed by atoms with van der Waals surface area (Å²) in [5, 5.41) is 22.9. The van der Waals surface area contributed by atoms with E-state index in [1.54, 1.807) is 6.08 Å². The smallest absolute Gasteiger partial charge is 0.305 e. The van der Waals surface area contributed by atoms with Crippen LogP contribution in [-0.2, 0) is 14.3 Å². The molecule has 0 heterocycles. The minimum atomic E-state index is -0.846. The SMILES string of the molecule is CCCCCCCCCC/C=C/C(O)C(CO)NC(=O)CCCCCCCCCCCCCCCCCCOC(=O)CCCCCCCCCCCCCCCC. The van der Waals surface area contributed by atoms with E-state index in [9.17, 15) is 19.8 Å². The van der Waals surface area contributed by atoms with Crippen LogP contribution in [0.2, 0.25) is 0 Å². The lowest BCUT2D eigenvalue weighted by Gasteiger charge is -2.20. The van der Waals surface area contributed by atoms with Crippen LogP contribution in [0.15, 0.2) is 12.2 Å². The van der Waals surface area contributed by atoms with Crippen molar-refractivity contribution in [3.63, 3.8) is 0 Å². The molecule has 6 heteroatoms. The molecule has 2 atom stereocenters. The van der Waals surface area contributed by atoms with Gasteiger partial charge in [-0.1, -0.05) is 244 Å². The first-order valence-electron chi connectivity index (χ1n) is 25.5. The Balaban J connectivity index is 3.41. The second-order valence-electron chi connectivity index (χ2n) is 17.5. The average molecular weight is 806 g/mol. The Morgan fingerprint density at radius 1 is 0.474 bits per heavy atom. The van der Waals surface area contributed by atoms with Crippen molar-refractivity contribution in [3.05, 3.63) is 12.2 Å². The van der Waals surface area contributed by atoms with E-state index >= 15 is 0 Å². The van der Waals surface area contributed by atoms with Gasteiger partial charge in [-0.05, 0) is 32.1 Å². The molecule has 0 saturated carbocycles. The van der Waals surface area contributed by atoms with E-state index in [1.165, 1.54) is 205 Å². The van der Waals surface area contributed by atoms with Gasteiger partial charge < -0.3 is 20.3 Å². The van der Waals surface area contributed by atoms with Crippen molar-refractivity contribution in [2.24, 2.45) is 0 Å². The fourth-order valence-electron chi connectivity index (χ4n) is 7.87. The van der Waals surface area contributed by atoms with Crippen LogP contribution < -0.4 is 5.32 Å². The predicted octanol–water partition coefficient (Wildman–Crippen LogP) is 15.0. The zero-order valence-corrected chi connectivity index (χ0v) is 38.3. The summed E-state index contributed by atoms with van der Waals surface area (Å²) in [6, 6.07) is -0.630. The van der Waals surface area contributed by atoms with Crippen LogP contribution in [0.1, 0.15) is 277 Å². The lowest BCUT2D eigenvalue weighted by molar-refractivity contribution is -0.143. The highest BCUT2D eigenvalue weighted by molar-refractivity contribution is 5.76. The van der Waals surface area contributed by atoms with Gasteiger partial charge in [0.2, 0.25) is 5.91 Å². The molecule has 0 radical (unpaired) electrons. The van der Waals surface area contributed by atoms with Crippen molar-refractivity contribution in [2.75, 3.05) is 13.2 Å². The normalized spacial score (nSPS) is 12.7. The van der Waals surface area contributed by atoms with Gasteiger partial charge in [0.15, 0.2) is 0 Å². The number of aliphatic hydroxyl groups excluding tert-OH is 2. The van der Waals surface area contributed by atoms with E-state index in [-0.39, 0.29) is 18.5 Å². The molecule has 0 aliphatic rings. The summed E-state index contributed by atoms with van der Waals surface area (Å²) in [4.78, 5) is 24.4. The maximum Gasteiger partial charge on any atom is 0.305 e.